The third-order valence-electron chi connectivity index (χ3n) is 4.49. The minimum Gasteiger partial charge on any atom is -0.342 e. The van der Waals surface area contributed by atoms with Crippen molar-refractivity contribution in [3.8, 4) is 0 Å². The second-order valence-corrected chi connectivity index (χ2v) is 5.98. The molecule has 2 aliphatic rings. The minimum absolute atomic E-state index is 0.0177. The Morgan fingerprint density at radius 3 is 2.62 bits per heavy atom. The van der Waals surface area contributed by atoms with Gasteiger partial charge in [-0.25, -0.2) is 0 Å². The largest absolute Gasteiger partial charge is 0.342 e. The fourth-order valence-corrected chi connectivity index (χ4v) is 3.08. The first-order valence-electron chi connectivity index (χ1n) is 7.88. The molecule has 2 atom stereocenters. The van der Waals surface area contributed by atoms with Gasteiger partial charge in [0, 0.05) is 5.69 Å². The van der Waals surface area contributed by atoms with E-state index >= 15 is 0 Å². The molecular formula is C17H22N2O2. The van der Waals surface area contributed by atoms with Gasteiger partial charge in [0.25, 0.3) is 5.91 Å². The lowest BCUT2D eigenvalue weighted by atomic mass is 10.00. The van der Waals surface area contributed by atoms with Gasteiger partial charge >= 0.3 is 0 Å². The number of benzene rings is 1. The van der Waals surface area contributed by atoms with Gasteiger partial charge in [-0.1, -0.05) is 26.0 Å². The lowest BCUT2D eigenvalue weighted by Gasteiger charge is -2.39. The number of nitrogens with zero attached hydrogens (tertiary/aromatic N) is 1. The summed E-state index contributed by atoms with van der Waals surface area (Å²) in [6.45, 7) is 4.04. The van der Waals surface area contributed by atoms with Crippen LogP contribution in [0.4, 0.5) is 5.69 Å². The van der Waals surface area contributed by atoms with Crippen molar-refractivity contribution in [3.63, 3.8) is 0 Å². The van der Waals surface area contributed by atoms with E-state index in [4.69, 9.17) is 0 Å². The first-order valence-corrected chi connectivity index (χ1v) is 7.88. The van der Waals surface area contributed by atoms with E-state index in [-0.39, 0.29) is 23.9 Å². The van der Waals surface area contributed by atoms with Gasteiger partial charge in [-0.05, 0) is 49.3 Å². The van der Waals surface area contributed by atoms with E-state index in [1.165, 1.54) is 5.56 Å². The van der Waals surface area contributed by atoms with Gasteiger partial charge in [0.1, 0.15) is 12.1 Å². The number of piperazine rings is 1. The minimum atomic E-state index is -0.389. The third-order valence-corrected chi connectivity index (χ3v) is 4.49. The van der Waals surface area contributed by atoms with Crippen LogP contribution in [0.15, 0.2) is 24.3 Å². The summed E-state index contributed by atoms with van der Waals surface area (Å²) in [5.74, 6) is 0.365. The predicted octanol–water partition coefficient (Wildman–Crippen LogP) is 2.27. The molecule has 1 aliphatic heterocycles. The summed E-state index contributed by atoms with van der Waals surface area (Å²) in [7, 11) is 0. The predicted molar refractivity (Wildman–Crippen MR) is 82.0 cm³/mol. The highest BCUT2D eigenvalue weighted by Crippen LogP contribution is 2.36. The lowest BCUT2D eigenvalue weighted by molar-refractivity contribution is -0.134. The summed E-state index contributed by atoms with van der Waals surface area (Å²) in [5, 5.41) is 2.93. The Balaban J connectivity index is 1.97. The van der Waals surface area contributed by atoms with Crippen molar-refractivity contribution in [2.45, 2.75) is 51.6 Å². The Morgan fingerprint density at radius 2 is 2.00 bits per heavy atom. The van der Waals surface area contributed by atoms with Gasteiger partial charge in [0.15, 0.2) is 0 Å². The standard InChI is InChI=1S/C17H22N2O2/c1-3-11-6-5-7-13(10-11)19-14(4-2)16(20)18-15(17(19)21)12-8-9-12/h5-7,10,12,14-15H,3-4,8-9H2,1-2H3,(H,18,20). The zero-order chi connectivity index (χ0) is 15.0. The van der Waals surface area contributed by atoms with Crippen LogP contribution in [0, 0.1) is 5.92 Å². The van der Waals surface area contributed by atoms with Crippen molar-refractivity contribution in [2.75, 3.05) is 4.90 Å². The molecule has 1 saturated heterocycles. The highest BCUT2D eigenvalue weighted by Gasteiger charge is 2.46. The van der Waals surface area contributed by atoms with Crippen LogP contribution < -0.4 is 10.2 Å². The van der Waals surface area contributed by atoms with Crippen LogP contribution in [0.25, 0.3) is 0 Å². The van der Waals surface area contributed by atoms with Crippen molar-refractivity contribution in [1.29, 1.82) is 0 Å². The van der Waals surface area contributed by atoms with E-state index in [1.807, 2.05) is 25.1 Å². The molecule has 2 unspecified atom stereocenters. The highest BCUT2D eigenvalue weighted by atomic mass is 16.2. The molecule has 1 aliphatic carbocycles. The van der Waals surface area contributed by atoms with Crippen LogP contribution in [-0.4, -0.2) is 23.9 Å². The van der Waals surface area contributed by atoms with Gasteiger partial charge in [0.05, 0.1) is 0 Å². The van der Waals surface area contributed by atoms with Crippen molar-refractivity contribution in [3.05, 3.63) is 29.8 Å². The molecule has 2 fully saturated rings. The zero-order valence-electron chi connectivity index (χ0n) is 12.6. The second-order valence-electron chi connectivity index (χ2n) is 5.98. The summed E-state index contributed by atoms with van der Waals surface area (Å²) in [6, 6.07) is 7.26. The maximum atomic E-state index is 12.8. The highest BCUT2D eigenvalue weighted by molar-refractivity contribution is 6.08. The van der Waals surface area contributed by atoms with Crippen LogP contribution in [-0.2, 0) is 16.0 Å². The number of hydrogen-bond donors (Lipinski definition) is 1. The van der Waals surface area contributed by atoms with Crippen molar-refractivity contribution in [2.24, 2.45) is 5.92 Å². The number of amides is 2. The number of nitrogens with one attached hydrogen (secondary N) is 1. The molecule has 3 rings (SSSR count). The van der Waals surface area contributed by atoms with Crippen LogP contribution in [0.5, 0.6) is 0 Å². The van der Waals surface area contributed by atoms with Gasteiger partial charge in [-0.2, -0.15) is 0 Å². The molecule has 4 heteroatoms. The monoisotopic (exact) mass is 286 g/mol. The molecule has 0 aromatic heterocycles. The number of aryl methyl sites for hydroxylation is 1. The lowest BCUT2D eigenvalue weighted by Crippen LogP contribution is -2.64. The van der Waals surface area contributed by atoms with Gasteiger partial charge < -0.3 is 5.32 Å². The van der Waals surface area contributed by atoms with E-state index in [0.29, 0.717) is 12.3 Å². The second kappa shape index (κ2) is 5.51. The van der Waals surface area contributed by atoms with Gasteiger partial charge in [-0.15, -0.1) is 0 Å². The summed E-state index contributed by atoms with van der Waals surface area (Å²) in [4.78, 5) is 26.9. The van der Waals surface area contributed by atoms with E-state index in [9.17, 15) is 9.59 Å². The molecule has 4 nitrogen and oxygen atoms in total. The normalized spacial score (nSPS) is 25.9. The van der Waals surface area contributed by atoms with E-state index in [0.717, 1.165) is 24.9 Å². The summed E-state index contributed by atoms with van der Waals surface area (Å²) in [5.41, 5.74) is 2.04. The molecule has 112 valence electrons. The summed E-state index contributed by atoms with van der Waals surface area (Å²) >= 11 is 0. The molecule has 1 N–H and O–H groups in total. The third kappa shape index (κ3) is 2.55. The Kier molecular flexibility index (Phi) is 3.70. The molecule has 0 bridgehead atoms. The molecule has 1 aromatic carbocycles. The Bertz CT molecular complexity index is 566. The fraction of sp³-hybridized carbons (Fsp3) is 0.529. The number of anilines is 1. The smallest absolute Gasteiger partial charge is 0.250 e. The molecule has 1 aromatic rings. The average molecular weight is 286 g/mol. The van der Waals surface area contributed by atoms with Crippen LogP contribution >= 0.6 is 0 Å². The molecule has 1 heterocycles. The molecule has 0 radical (unpaired) electrons. The maximum Gasteiger partial charge on any atom is 0.250 e. The number of rotatable bonds is 4. The Hall–Kier alpha value is -1.84. The van der Waals surface area contributed by atoms with Crippen molar-refractivity contribution in [1.82, 2.24) is 5.32 Å². The van der Waals surface area contributed by atoms with E-state index in [2.05, 4.69) is 18.3 Å². The molecular weight excluding hydrogens is 264 g/mol. The van der Waals surface area contributed by atoms with Gasteiger partial charge in [0.2, 0.25) is 5.91 Å². The van der Waals surface area contributed by atoms with Crippen LogP contribution in [0.3, 0.4) is 0 Å². The quantitative estimate of drug-likeness (QED) is 0.923. The van der Waals surface area contributed by atoms with Crippen molar-refractivity contribution < 1.29 is 9.59 Å². The fourth-order valence-electron chi connectivity index (χ4n) is 3.08. The summed E-state index contributed by atoms with van der Waals surface area (Å²) < 4.78 is 0. The molecule has 2 amide bonds. The SMILES string of the molecule is CCc1cccc(N2C(=O)C(C3CC3)NC(=O)C2CC)c1. The number of carbonyl (C=O) groups excluding carboxylic acids is 2. The topological polar surface area (TPSA) is 49.4 Å². The molecule has 1 saturated carbocycles. The number of carbonyl (C=O) groups is 2. The average Bonchev–Trinajstić information content (AvgIpc) is 3.33. The zero-order valence-corrected chi connectivity index (χ0v) is 12.6. The van der Waals surface area contributed by atoms with Gasteiger partial charge in [-0.3, -0.25) is 14.5 Å². The first-order chi connectivity index (χ1) is 10.2. The maximum absolute atomic E-state index is 12.8. The Labute approximate surface area is 125 Å². The Morgan fingerprint density at radius 1 is 1.24 bits per heavy atom. The molecule has 0 spiro atoms. The van der Waals surface area contributed by atoms with Crippen LogP contribution in [0.2, 0.25) is 0 Å². The van der Waals surface area contributed by atoms with Crippen LogP contribution in [0.1, 0.15) is 38.7 Å². The molecule has 21 heavy (non-hydrogen) atoms. The number of hydrogen-bond acceptors (Lipinski definition) is 2. The van der Waals surface area contributed by atoms with E-state index < -0.39 is 0 Å². The van der Waals surface area contributed by atoms with Crippen molar-refractivity contribution >= 4 is 17.5 Å². The first kappa shape index (κ1) is 14.1. The van der Waals surface area contributed by atoms with E-state index in [1.54, 1.807) is 4.90 Å². The summed E-state index contributed by atoms with van der Waals surface area (Å²) in [6.07, 6.45) is 3.63.